The molecular formula is C32H37N5O4. The van der Waals surface area contributed by atoms with E-state index in [1.54, 1.807) is 15.6 Å². The predicted molar refractivity (Wildman–Crippen MR) is 159 cm³/mol. The third-order valence-corrected chi connectivity index (χ3v) is 7.03. The van der Waals surface area contributed by atoms with Gasteiger partial charge >= 0.3 is 6.09 Å². The van der Waals surface area contributed by atoms with Crippen LogP contribution in [0.1, 0.15) is 68.1 Å². The number of anilines is 1. The molecule has 0 unspecified atom stereocenters. The number of nitrogens with zero attached hydrogens (tertiary/aromatic N) is 4. The van der Waals surface area contributed by atoms with Gasteiger partial charge in [-0.3, -0.25) is 4.79 Å². The number of fused-ring (bicyclic) bond motifs is 1. The predicted octanol–water partition coefficient (Wildman–Crippen LogP) is 6.47. The second-order valence-corrected chi connectivity index (χ2v) is 11.4. The summed E-state index contributed by atoms with van der Waals surface area (Å²) in [6.07, 6.45) is 2.80. The molecule has 2 aromatic carbocycles. The molecule has 1 N–H and O–H groups in total. The zero-order valence-electron chi connectivity index (χ0n) is 24.3. The highest BCUT2D eigenvalue weighted by Gasteiger charge is 2.31. The lowest BCUT2D eigenvalue weighted by Crippen LogP contribution is -2.41. The first-order valence-electron chi connectivity index (χ1n) is 14.1. The van der Waals surface area contributed by atoms with Gasteiger partial charge in [0.2, 0.25) is 0 Å². The van der Waals surface area contributed by atoms with E-state index in [4.69, 9.17) is 19.6 Å². The van der Waals surface area contributed by atoms with Gasteiger partial charge in [-0.25, -0.2) is 14.3 Å². The Morgan fingerprint density at radius 3 is 2.34 bits per heavy atom. The molecule has 0 atom stereocenters. The van der Waals surface area contributed by atoms with Crippen molar-refractivity contribution in [1.29, 1.82) is 0 Å². The Bertz CT molecular complexity index is 1530. The number of benzene rings is 2. The number of likely N-dealkylation sites (tertiary alicyclic amines) is 1. The van der Waals surface area contributed by atoms with Gasteiger partial charge in [-0.05, 0) is 83.9 Å². The summed E-state index contributed by atoms with van der Waals surface area (Å²) in [4.78, 5) is 33.0. The average Bonchev–Trinajstić information content (AvgIpc) is 3.36. The van der Waals surface area contributed by atoms with Gasteiger partial charge in [0.05, 0.1) is 23.6 Å². The molecule has 0 aliphatic carbocycles. The van der Waals surface area contributed by atoms with E-state index in [0.717, 1.165) is 22.6 Å². The zero-order chi connectivity index (χ0) is 29.1. The first-order valence-corrected chi connectivity index (χ1v) is 14.1. The van der Waals surface area contributed by atoms with E-state index in [0.29, 0.717) is 55.1 Å². The average molecular weight is 556 g/mol. The zero-order valence-corrected chi connectivity index (χ0v) is 24.3. The van der Waals surface area contributed by atoms with Crippen LogP contribution in [0.25, 0.3) is 16.9 Å². The summed E-state index contributed by atoms with van der Waals surface area (Å²) in [6.45, 7) is 11.2. The van der Waals surface area contributed by atoms with E-state index >= 15 is 0 Å². The van der Waals surface area contributed by atoms with Gasteiger partial charge in [0.25, 0.3) is 5.91 Å². The number of nitrogens with one attached hydrogen (secondary N) is 1. The van der Waals surface area contributed by atoms with Gasteiger partial charge in [-0.1, -0.05) is 17.7 Å². The third-order valence-electron chi connectivity index (χ3n) is 7.03. The van der Waals surface area contributed by atoms with Crippen molar-refractivity contribution in [2.45, 2.75) is 59.0 Å². The van der Waals surface area contributed by atoms with Gasteiger partial charge in [0, 0.05) is 42.5 Å². The van der Waals surface area contributed by atoms with Crippen LogP contribution >= 0.6 is 0 Å². The summed E-state index contributed by atoms with van der Waals surface area (Å²) in [6, 6.07) is 17.4. The normalized spacial score (nSPS) is 14.2. The summed E-state index contributed by atoms with van der Waals surface area (Å²) in [5.41, 5.74) is 4.79. The number of aryl methyl sites for hydroxylation is 1. The molecule has 1 saturated heterocycles. The van der Waals surface area contributed by atoms with Crippen LogP contribution in [0.15, 0.2) is 60.8 Å². The first kappa shape index (κ1) is 28.1. The number of carbonyl (C=O) groups excluding carboxylic acids is 2. The molecule has 0 radical (unpaired) electrons. The highest BCUT2D eigenvalue weighted by molar-refractivity contribution is 6.05. The van der Waals surface area contributed by atoms with Crippen LogP contribution < -0.4 is 10.1 Å². The minimum absolute atomic E-state index is 0.00119. The summed E-state index contributed by atoms with van der Waals surface area (Å²) in [7, 11) is 0. The molecular weight excluding hydrogens is 518 g/mol. The van der Waals surface area contributed by atoms with E-state index in [9.17, 15) is 9.59 Å². The topological polar surface area (TPSA) is 98.1 Å². The second kappa shape index (κ2) is 11.6. The fourth-order valence-electron chi connectivity index (χ4n) is 4.95. The van der Waals surface area contributed by atoms with Crippen LogP contribution in [-0.2, 0) is 4.74 Å². The van der Waals surface area contributed by atoms with Crippen LogP contribution in [0.5, 0.6) is 5.75 Å². The van der Waals surface area contributed by atoms with E-state index in [1.807, 2.05) is 89.2 Å². The molecule has 4 aromatic rings. The number of piperidine rings is 1. The SMILES string of the molecule is CCOc1ccc(-c2cc3nc(C4CCN(C(=O)OC(C)(C)C)CC4)c(C(=O)Nc4ccc(C)cc4)cn3n2)cc1. The Kier molecular flexibility index (Phi) is 7.97. The van der Waals surface area contributed by atoms with E-state index in [-0.39, 0.29) is 17.9 Å². The molecule has 9 heteroatoms. The lowest BCUT2D eigenvalue weighted by Gasteiger charge is -2.33. The van der Waals surface area contributed by atoms with Crippen LogP contribution in [-0.4, -0.2) is 56.8 Å². The number of amides is 2. The number of ether oxygens (including phenoxy) is 2. The molecule has 0 spiro atoms. The number of aromatic nitrogens is 3. The minimum atomic E-state index is -0.551. The quantitative estimate of drug-likeness (QED) is 0.293. The van der Waals surface area contributed by atoms with Crippen molar-refractivity contribution in [3.63, 3.8) is 0 Å². The monoisotopic (exact) mass is 555 g/mol. The fraction of sp³-hybridized carbons (Fsp3) is 0.375. The van der Waals surface area contributed by atoms with Gasteiger partial charge < -0.3 is 19.7 Å². The van der Waals surface area contributed by atoms with E-state index < -0.39 is 5.60 Å². The van der Waals surface area contributed by atoms with Crippen LogP contribution in [0.4, 0.5) is 10.5 Å². The summed E-state index contributed by atoms with van der Waals surface area (Å²) in [5, 5.41) is 7.76. The van der Waals surface area contributed by atoms with Crippen LogP contribution in [0.2, 0.25) is 0 Å². The maximum atomic E-state index is 13.6. The Labute approximate surface area is 240 Å². The number of carbonyl (C=O) groups is 2. The molecule has 5 rings (SSSR count). The van der Waals surface area contributed by atoms with Gasteiger partial charge in [0.15, 0.2) is 5.65 Å². The molecule has 2 amide bonds. The summed E-state index contributed by atoms with van der Waals surface area (Å²) < 4.78 is 12.8. The highest BCUT2D eigenvalue weighted by Crippen LogP contribution is 2.32. The smallest absolute Gasteiger partial charge is 0.410 e. The summed E-state index contributed by atoms with van der Waals surface area (Å²) >= 11 is 0. The molecule has 1 aliphatic rings. The highest BCUT2D eigenvalue weighted by atomic mass is 16.6. The molecule has 0 saturated carbocycles. The van der Waals surface area contributed by atoms with Crippen LogP contribution in [0.3, 0.4) is 0 Å². The van der Waals surface area contributed by atoms with Crippen molar-refractivity contribution in [2.24, 2.45) is 0 Å². The number of hydrogen-bond donors (Lipinski definition) is 1. The van der Waals surface area contributed by atoms with Crippen molar-refractivity contribution in [1.82, 2.24) is 19.5 Å². The van der Waals surface area contributed by atoms with E-state index in [1.165, 1.54) is 0 Å². The molecule has 1 fully saturated rings. The van der Waals surface area contributed by atoms with Gasteiger partial charge in [0.1, 0.15) is 11.4 Å². The molecule has 0 bridgehead atoms. The third kappa shape index (κ3) is 6.67. The van der Waals surface area contributed by atoms with Crippen molar-refractivity contribution in [3.8, 4) is 17.0 Å². The number of rotatable bonds is 6. The first-order chi connectivity index (χ1) is 19.6. The maximum absolute atomic E-state index is 13.6. The lowest BCUT2D eigenvalue weighted by molar-refractivity contribution is 0.0203. The Morgan fingerprint density at radius 1 is 1.02 bits per heavy atom. The molecule has 41 heavy (non-hydrogen) atoms. The molecule has 9 nitrogen and oxygen atoms in total. The Hall–Kier alpha value is -4.40. The van der Waals surface area contributed by atoms with Crippen LogP contribution in [0, 0.1) is 6.92 Å². The standard InChI is InChI=1S/C32H37N5O4/c1-6-40-25-13-9-22(10-14-25)27-19-28-34-29(23-15-17-36(18-16-23)31(39)41-32(3,4)5)26(20-37(28)35-27)30(38)33-24-11-7-21(2)8-12-24/h7-14,19-20,23H,6,15-18H2,1-5H3,(H,33,38). The lowest BCUT2D eigenvalue weighted by atomic mass is 9.90. The van der Waals surface area contributed by atoms with Crippen molar-refractivity contribution in [3.05, 3.63) is 77.6 Å². The molecule has 2 aromatic heterocycles. The minimum Gasteiger partial charge on any atom is -0.494 e. The maximum Gasteiger partial charge on any atom is 0.410 e. The Balaban J connectivity index is 1.45. The van der Waals surface area contributed by atoms with Gasteiger partial charge in [-0.2, -0.15) is 5.10 Å². The number of hydrogen-bond acceptors (Lipinski definition) is 6. The largest absolute Gasteiger partial charge is 0.494 e. The molecule has 214 valence electrons. The summed E-state index contributed by atoms with van der Waals surface area (Å²) in [5.74, 6) is 0.556. The second-order valence-electron chi connectivity index (χ2n) is 11.4. The van der Waals surface area contributed by atoms with Crippen molar-refractivity contribution in [2.75, 3.05) is 25.0 Å². The molecule has 1 aliphatic heterocycles. The van der Waals surface area contributed by atoms with Crippen molar-refractivity contribution < 1.29 is 19.1 Å². The van der Waals surface area contributed by atoms with E-state index in [2.05, 4.69) is 5.32 Å². The fourth-order valence-corrected chi connectivity index (χ4v) is 4.95. The molecule has 3 heterocycles. The van der Waals surface area contributed by atoms with Gasteiger partial charge in [-0.15, -0.1) is 0 Å². The van der Waals surface area contributed by atoms with Crippen molar-refractivity contribution >= 4 is 23.3 Å². The Morgan fingerprint density at radius 2 is 1.71 bits per heavy atom.